The van der Waals surface area contributed by atoms with Crippen molar-refractivity contribution in [1.29, 1.82) is 5.26 Å². The Hall–Kier alpha value is -1.84. The normalized spacial score (nSPS) is 22.0. The fraction of sp³-hybridized carbons (Fsp3) is 0.652. The van der Waals surface area contributed by atoms with Gasteiger partial charge in [0.15, 0.2) is 8.32 Å². The lowest BCUT2D eigenvalue weighted by Gasteiger charge is -2.40. The summed E-state index contributed by atoms with van der Waals surface area (Å²) in [5.74, 6) is 0.377. The Labute approximate surface area is 176 Å². The van der Waals surface area contributed by atoms with Crippen molar-refractivity contribution >= 4 is 14.4 Å². The Balaban J connectivity index is 2.18. The van der Waals surface area contributed by atoms with Crippen LogP contribution in [0.15, 0.2) is 30.3 Å². The first kappa shape index (κ1) is 23.4. The summed E-state index contributed by atoms with van der Waals surface area (Å²) in [6, 6.07) is 12.2. The Morgan fingerprint density at radius 3 is 2.41 bits per heavy atom. The monoisotopic (exact) mass is 416 g/mol. The van der Waals surface area contributed by atoms with Crippen LogP contribution in [0.5, 0.6) is 0 Å². The molecule has 2 rings (SSSR count). The van der Waals surface area contributed by atoms with E-state index in [1.54, 1.807) is 0 Å². The van der Waals surface area contributed by atoms with Crippen molar-refractivity contribution in [3.63, 3.8) is 0 Å². The standard InChI is InChI=1S/C23H36N2O3Si/c1-22(2,3)29(5,6)28-16-19-12-13-20(14-19)23(17-24,25(4)21(26)27)15-18-10-8-7-9-11-18/h7-11,19-20H,12-16H2,1-6H3,(H,26,27). The molecule has 1 aliphatic rings. The average Bonchev–Trinajstić information content (AvgIpc) is 3.13. The molecule has 6 heteroatoms. The van der Waals surface area contributed by atoms with E-state index in [0.717, 1.165) is 24.8 Å². The van der Waals surface area contributed by atoms with Gasteiger partial charge in [-0.15, -0.1) is 0 Å². The highest BCUT2D eigenvalue weighted by atomic mass is 28.4. The number of nitrogens with zero attached hydrogens (tertiary/aromatic N) is 2. The van der Waals surface area contributed by atoms with E-state index >= 15 is 0 Å². The van der Waals surface area contributed by atoms with Gasteiger partial charge in [0.05, 0.1) is 6.07 Å². The Morgan fingerprint density at radius 2 is 1.90 bits per heavy atom. The molecule has 1 amide bonds. The van der Waals surface area contributed by atoms with Gasteiger partial charge in [-0.05, 0) is 54.8 Å². The van der Waals surface area contributed by atoms with Gasteiger partial charge >= 0.3 is 6.09 Å². The zero-order chi connectivity index (χ0) is 21.9. The molecule has 3 unspecified atom stereocenters. The lowest BCUT2D eigenvalue weighted by atomic mass is 9.77. The van der Waals surface area contributed by atoms with E-state index < -0.39 is 19.9 Å². The third-order valence-electron chi connectivity index (χ3n) is 7.10. The number of hydrogen-bond donors (Lipinski definition) is 1. The molecular weight excluding hydrogens is 380 g/mol. The maximum atomic E-state index is 11.9. The summed E-state index contributed by atoms with van der Waals surface area (Å²) in [5, 5.41) is 20.1. The molecule has 160 valence electrons. The molecular formula is C23H36N2O3Si. The number of likely N-dealkylation sites (N-methyl/N-ethyl adjacent to an activating group) is 1. The topological polar surface area (TPSA) is 73.6 Å². The van der Waals surface area contributed by atoms with Crippen LogP contribution in [0.25, 0.3) is 0 Å². The number of nitriles is 1. The van der Waals surface area contributed by atoms with Crippen molar-refractivity contribution in [3.8, 4) is 6.07 Å². The molecule has 0 radical (unpaired) electrons. The van der Waals surface area contributed by atoms with Crippen LogP contribution in [-0.2, 0) is 10.8 Å². The van der Waals surface area contributed by atoms with Crippen molar-refractivity contribution in [3.05, 3.63) is 35.9 Å². The van der Waals surface area contributed by atoms with Crippen molar-refractivity contribution in [2.45, 2.75) is 70.1 Å². The van der Waals surface area contributed by atoms with E-state index in [1.165, 1.54) is 11.9 Å². The average molecular weight is 417 g/mol. The van der Waals surface area contributed by atoms with Crippen LogP contribution in [-0.4, -0.2) is 43.6 Å². The van der Waals surface area contributed by atoms with Gasteiger partial charge in [-0.3, -0.25) is 4.90 Å². The van der Waals surface area contributed by atoms with Gasteiger partial charge in [-0.2, -0.15) is 5.26 Å². The van der Waals surface area contributed by atoms with Gasteiger partial charge < -0.3 is 9.53 Å². The van der Waals surface area contributed by atoms with E-state index in [-0.39, 0.29) is 11.0 Å². The Bertz CT molecular complexity index is 739. The smallest absolute Gasteiger partial charge is 0.408 e. The highest BCUT2D eigenvalue weighted by Gasteiger charge is 2.48. The van der Waals surface area contributed by atoms with Crippen molar-refractivity contribution < 1.29 is 14.3 Å². The van der Waals surface area contributed by atoms with Crippen molar-refractivity contribution in [2.75, 3.05) is 13.7 Å². The van der Waals surface area contributed by atoms with E-state index in [2.05, 4.69) is 39.9 Å². The molecule has 1 saturated carbocycles. The minimum atomic E-state index is -1.82. The van der Waals surface area contributed by atoms with Gasteiger partial charge in [-0.1, -0.05) is 51.1 Å². The molecule has 0 spiro atoms. The van der Waals surface area contributed by atoms with Gasteiger partial charge in [0.1, 0.15) is 5.54 Å². The molecule has 0 bridgehead atoms. The van der Waals surface area contributed by atoms with Gasteiger partial charge in [0, 0.05) is 20.1 Å². The number of benzene rings is 1. The fourth-order valence-electron chi connectivity index (χ4n) is 4.02. The first-order valence-corrected chi connectivity index (χ1v) is 13.4. The van der Waals surface area contributed by atoms with Crippen LogP contribution in [0.1, 0.15) is 45.6 Å². The molecule has 0 saturated heterocycles. The summed E-state index contributed by atoms with van der Waals surface area (Å²) < 4.78 is 6.42. The molecule has 1 fully saturated rings. The lowest BCUT2D eigenvalue weighted by Crippen LogP contribution is -2.54. The number of rotatable bonds is 7. The molecule has 29 heavy (non-hydrogen) atoms. The van der Waals surface area contributed by atoms with Crippen LogP contribution < -0.4 is 0 Å². The second kappa shape index (κ2) is 8.89. The third-order valence-corrected chi connectivity index (χ3v) is 11.6. The minimum absolute atomic E-state index is 0.00169. The number of carbonyl (C=O) groups is 1. The highest BCUT2D eigenvalue weighted by Crippen LogP contribution is 2.43. The predicted molar refractivity (Wildman–Crippen MR) is 118 cm³/mol. The fourth-order valence-corrected chi connectivity index (χ4v) is 5.11. The van der Waals surface area contributed by atoms with Crippen LogP contribution in [0.4, 0.5) is 4.79 Å². The van der Waals surface area contributed by atoms with E-state index in [0.29, 0.717) is 18.9 Å². The number of amides is 1. The molecule has 1 N–H and O–H groups in total. The predicted octanol–water partition coefficient (Wildman–Crippen LogP) is 5.54. The Kier molecular flexibility index (Phi) is 7.18. The summed E-state index contributed by atoms with van der Waals surface area (Å²) in [6.45, 7) is 11.9. The first-order chi connectivity index (χ1) is 13.4. The lowest BCUT2D eigenvalue weighted by molar-refractivity contribution is 0.0855. The van der Waals surface area contributed by atoms with Crippen LogP contribution in [0.3, 0.4) is 0 Å². The molecule has 1 aromatic rings. The SMILES string of the molecule is CN(C(=O)O)C(C#N)(Cc1ccccc1)C1CCC(CO[Si](C)(C)C(C)(C)C)C1. The van der Waals surface area contributed by atoms with Crippen LogP contribution in [0, 0.1) is 23.2 Å². The van der Waals surface area contributed by atoms with E-state index in [4.69, 9.17) is 4.43 Å². The van der Waals surface area contributed by atoms with Crippen LogP contribution >= 0.6 is 0 Å². The van der Waals surface area contributed by atoms with E-state index in [9.17, 15) is 15.2 Å². The van der Waals surface area contributed by atoms with Gasteiger partial charge in [-0.25, -0.2) is 4.79 Å². The molecule has 1 aliphatic carbocycles. The summed E-state index contributed by atoms with van der Waals surface area (Å²) >= 11 is 0. The zero-order valence-corrected chi connectivity index (χ0v) is 19.7. The first-order valence-electron chi connectivity index (χ1n) is 10.5. The number of hydrogen-bond acceptors (Lipinski definition) is 3. The molecule has 1 aromatic carbocycles. The van der Waals surface area contributed by atoms with Crippen molar-refractivity contribution in [2.24, 2.45) is 11.8 Å². The van der Waals surface area contributed by atoms with Gasteiger partial charge in [0.2, 0.25) is 0 Å². The molecule has 0 aliphatic heterocycles. The zero-order valence-electron chi connectivity index (χ0n) is 18.7. The summed E-state index contributed by atoms with van der Waals surface area (Å²) in [5.41, 5.74) is -0.0676. The van der Waals surface area contributed by atoms with E-state index in [1.807, 2.05) is 30.3 Å². The largest absolute Gasteiger partial charge is 0.465 e. The number of carboxylic acid groups (broad SMARTS) is 1. The summed E-state index contributed by atoms with van der Waals surface area (Å²) in [7, 11) is -0.283. The highest BCUT2D eigenvalue weighted by molar-refractivity contribution is 6.74. The second-order valence-electron chi connectivity index (χ2n) is 9.99. The third kappa shape index (κ3) is 5.20. The van der Waals surface area contributed by atoms with Gasteiger partial charge in [0.25, 0.3) is 0 Å². The minimum Gasteiger partial charge on any atom is -0.465 e. The van der Waals surface area contributed by atoms with Crippen molar-refractivity contribution in [1.82, 2.24) is 4.90 Å². The summed E-state index contributed by atoms with van der Waals surface area (Å²) in [4.78, 5) is 13.1. The second-order valence-corrected chi connectivity index (χ2v) is 14.8. The maximum absolute atomic E-state index is 11.9. The Morgan fingerprint density at radius 1 is 1.28 bits per heavy atom. The molecule has 0 heterocycles. The maximum Gasteiger partial charge on any atom is 0.408 e. The molecule has 0 aromatic heterocycles. The summed E-state index contributed by atoms with van der Waals surface area (Å²) in [6.07, 6.45) is 2.01. The molecule has 5 nitrogen and oxygen atoms in total. The molecule has 3 atom stereocenters. The quantitative estimate of drug-likeness (QED) is 0.592. The van der Waals surface area contributed by atoms with Crippen LogP contribution in [0.2, 0.25) is 18.1 Å².